The predicted molar refractivity (Wildman–Crippen MR) is 74.1 cm³/mol. The number of rotatable bonds is 1. The zero-order valence-electron chi connectivity index (χ0n) is 10.4. The Morgan fingerprint density at radius 3 is 2.50 bits per heavy atom. The van der Waals surface area contributed by atoms with Crippen molar-refractivity contribution in [2.45, 2.75) is 44.6 Å². The van der Waals surface area contributed by atoms with Crippen molar-refractivity contribution >= 4 is 17.3 Å². The van der Waals surface area contributed by atoms with Gasteiger partial charge < -0.3 is 4.84 Å². The Morgan fingerprint density at radius 1 is 1.00 bits per heavy atom. The summed E-state index contributed by atoms with van der Waals surface area (Å²) in [4.78, 5) is 5.64. The Hall–Kier alpha value is -1.02. The van der Waals surface area contributed by atoms with E-state index < -0.39 is 0 Å². The molecule has 1 aliphatic heterocycles. The molecule has 1 saturated carbocycles. The van der Waals surface area contributed by atoms with Crippen molar-refractivity contribution in [1.29, 1.82) is 0 Å². The van der Waals surface area contributed by atoms with Crippen LogP contribution in [0.4, 0.5) is 0 Å². The SMILES string of the molecule is Clc1ccc(C2=NO[C@@H]3CCCCCC[C@H]23)cc1. The van der Waals surface area contributed by atoms with Gasteiger partial charge in [-0.1, -0.05) is 48.2 Å². The molecule has 2 atom stereocenters. The lowest BCUT2D eigenvalue weighted by Gasteiger charge is -2.21. The molecule has 1 heterocycles. The molecule has 0 N–H and O–H groups in total. The van der Waals surface area contributed by atoms with Crippen LogP contribution in [0.5, 0.6) is 0 Å². The summed E-state index contributed by atoms with van der Waals surface area (Å²) in [5, 5.41) is 5.11. The van der Waals surface area contributed by atoms with E-state index in [9.17, 15) is 0 Å². The summed E-state index contributed by atoms with van der Waals surface area (Å²) in [5.74, 6) is 0.478. The third kappa shape index (κ3) is 2.39. The highest BCUT2D eigenvalue weighted by Gasteiger charge is 2.34. The normalized spacial score (nSPS) is 27.7. The molecule has 0 bridgehead atoms. The van der Waals surface area contributed by atoms with Crippen molar-refractivity contribution in [2.24, 2.45) is 11.1 Å². The molecule has 3 rings (SSSR count). The third-order valence-corrected chi connectivity index (χ3v) is 4.23. The van der Waals surface area contributed by atoms with Crippen LogP contribution in [-0.4, -0.2) is 11.8 Å². The van der Waals surface area contributed by atoms with Crippen LogP contribution < -0.4 is 0 Å². The molecule has 0 amide bonds. The van der Waals surface area contributed by atoms with Gasteiger partial charge in [0.1, 0.15) is 6.10 Å². The number of nitrogens with zero attached hydrogens (tertiary/aromatic N) is 1. The predicted octanol–water partition coefficient (Wildman–Crippen LogP) is 4.41. The lowest BCUT2D eigenvalue weighted by Crippen LogP contribution is -2.25. The lowest BCUT2D eigenvalue weighted by molar-refractivity contribution is 0.0479. The van der Waals surface area contributed by atoms with Gasteiger partial charge in [-0.15, -0.1) is 0 Å². The maximum Gasteiger partial charge on any atom is 0.136 e. The molecular weight excluding hydrogens is 246 g/mol. The summed E-state index contributed by atoms with van der Waals surface area (Å²) < 4.78 is 0. The molecule has 1 aliphatic carbocycles. The summed E-state index contributed by atoms with van der Waals surface area (Å²) in [6.07, 6.45) is 7.88. The molecule has 0 spiro atoms. The van der Waals surface area contributed by atoms with Crippen molar-refractivity contribution in [3.05, 3.63) is 34.9 Å². The first kappa shape index (κ1) is 12.0. The Kier molecular flexibility index (Phi) is 3.55. The second-order valence-corrected chi connectivity index (χ2v) is 5.66. The van der Waals surface area contributed by atoms with Gasteiger partial charge in [0.25, 0.3) is 0 Å². The smallest absolute Gasteiger partial charge is 0.136 e. The van der Waals surface area contributed by atoms with Crippen molar-refractivity contribution in [3.63, 3.8) is 0 Å². The van der Waals surface area contributed by atoms with E-state index in [-0.39, 0.29) is 0 Å². The number of oxime groups is 1. The van der Waals surface area contributed by atoms with Gasteiger partial charge in [0.05, 0.1) is 5.71 Å². The number of benzene rings is 1. The lowest BCUT2D eigenvalue weighted by atomic mass is 9.84. The van der Waals surface area contributed by atoms with Crippen molar-refractivity contribution in [1.82, 2.24) is 0 Å². The summed E-state index contributed by atoms with van der Waals surface area (Å²) in [6, 6.07) is 7.95. The highest BCUT2D eigenvalue weighted by atomic mass is 35.5. The summed E-state index contributed by atoms with van der Waals surface area (Å²) >= 11 is 5.93. The Balaban J connectivity index is 1.81. The first-order valence-corrected chi connectivity index (χ1v) is 7.22. The van der Waals surface area contributed by atoms with Gasteiger partial charge in [-0.2, -0.15) is 0 Å². The molecule has 2 aliphatic rings. The van der Waals surface area contributed by atoms with E-state index in [1.165, 1.54) is 32.1 Å². The van der Waals surface area contributed by atoms with Crippen LogP contribution >= 0.6 is 11.6 Å². The fourth-order valence-corrected chi connectivity index (χ4v) is 3.09. The average Bonchev–Trinajstić information content (AvgIpc) is 2.72. The second-order valence-electron chi connectivity index (χ2n) is 5.23. The fourth-order valence-electron chi connectivity index (χ4n) is 2.97. The third-order valence-electron chi connectivity index (χ3n) is 3.98. The van der Waals surface area contributed by atoms with E-state index in [2.05, 4.69) is 5.16 Å². The molecular formula is C15H18ClNO. The molecule has 0 saturated heterocycles. The van der Waals surface area contributed by atoms with Crippen LogP contribution in [0.3, 0.4) is 0 Å². The van der Waals surface area contributed by atoms with Crippen LogP contribution in [0, 0.1) is 5.92 Å². The van der Waals surface area contributed by atoms with E-state index in [1.807, 2.05) is 24.3 Å². The summed E-state index contributed by atoms with van der Waals surface area (Å²) in [7, 11) is 0. The van der Waals surface area contributed by atoms with Gasteiger partial charge in [0.2, 0.25) is 0 Å². The average molecular weight is 264 g/mol. The molecule has 1 aromatic carbocycles. The van der Waals surface area contributed by atoms with E-state index >= 15 is 0 Å². The summed E-state index contributed by atoms with van der Waals surface area (Å²) in [6.45, 7) is 0. The highest BCUT2D eigenvalue weighted by Crippen LogP contribution is 2.33. The first-order valence-electron chi connectivity index (χ1n) is 6.84. The Labute approximate surface area is 113 Å². The monoisotopic (exact) mass is 263 g/mol. The standard InChI is InChI=1S/C15H18ClNO/c16-12-9-7-11(8-10-12)15-13-5-3-1-2-4-6-14(13)18-17-15/h7-10,13-14H,1-6H2/t13-,14+/m0/s1. The van der Waals surface area contributed by atoms with Gasteiger partial charge in [0, 0.05) is 10.9 Å². The second kappa shape index (κ2) is 5.31. The van der Waals surface area contributed by atoms with Crippen LogP contribution in [-0.2, 0) is 4.84 Å². The molecule has 0 radical (unpaired) electrons. The van der Waals surface area contributed by atoms with E-state index in [1.54, 1.807) is 0 Å². The van der Waals surface area contributed by atoms with Crippen molar-refractivity contribution in [2.75, 3.05) is 0 Å². The van der Waals surface area contributed by atoms with Crippen molar-refractivity contribution < 1.29 is 4.84 Å². The topological polar surface area (TPSA) is 21.6 Å². The van der Waals surface area contributed by atoms with Gasteiger partial charge in [-0.25, -0.2) is 0 Å². The molecule has 0 aromatic heterocycles. The maximum absolute atomic E-state index is 5.93. The number of hydrogen-bond donors (Lipinski definition) is 0. The molecule has 0 unspecified atom stereocenters. The van der Waals surface area contributed by atoms with Crippen LogP contribution in [0.15, 0.2) is 29.4 Å². The number of halogens is 1. The van der Waals surface area contributed by atoms with E-state index in [4.69, 9.17) is 16.4 Å². The van der Waals surface area contributed by atoms with E-state index in [0.717, 1.165) is 22.7 Å². The van der Waals surface area contributed by atoms with Gasteiger partial charge >= 0.3 is 0 Å². The first-order chi connectivity index (χ1) is 8.84. The van der Waals surface area contributed by atoms with Crippen LogP contribution in [0.1, 0.15) is 44.1 Å². The Bertz CT molecular complexity index is 440. The van der Waals surface area contributed by atoms with Crippen LogP contribution in [0.2, 0.25) is 5.02 Å². The Morgan fingerprint density at radius 2 is 1.72 bits per heavy atom. The molecule has 1 fully saturated rings. The zero-order valence-corrected chi connectivity index (χ0v) is 11.2. The fraction of sp³-hybridized carbons (Fsp3) is 0.533. The maximum atomic E-state index is 5.93. The van der Waals surface area contributed by atoms with Crippen LogP contribution in [0.25, 0.3) is 0 Å². The minimum Gasteiger partial charge on any atom is -0.392 e. The quantitative estimate of drug-likeness (QED) is 0.735. The molecule has 2 nitrogen and oxygen atoms in total. The molecule has 1 aromatic rings. The molecule has 18 heavy (non-hydrogen) atoms. The van der Waals surface area contributed by atoms with Gasteiger partial charge in [-0.3, -0.25) is 0 Å². The van der Waals surface area contributed by atoms with Gasteiger partial charge in [0.15, 0.2) is 0 Å². The molecule has 96 valence electrons. The van der Waals surface area contributed by atoms with E-state index in [0.29, 0.717) is 12.0 Å². The number of fused-ring (bicyclic) bond motifs is 1. The largest absolute Gasteiger partial charge is 0.392 e. The number of hydrogen-bond acceptors (Lipinski definition) is 2. The molecule has 3 heteroatoms. The highest BCUT2D eigenvalue weighted by molar-refractivity contribution is 6.30. The summed E-state index contributed by atoms with van der Waals surface area (Å²) in [5.41, 5.74) is 2.28. The van der Waals surface area contributed by atoms with Crippen molar-refractivity contribution in [3.8, 4) is 0 Å². The van der Waals surface area contributed by atoms with Gasteiger partial charge in [-0.05, 0) is 37.0 Å². The minimum atomic E-state index is 0.302. The zero-order chi connectivity index (χ0) is 12.4. The minimum absolute atomic E-state index is 0.302.